The van der Waals surface area contributed by atoms with Gasteiger partial charge in [0.05, 0.1) is 0 Å². The van der Waals surface area contributed by atoms with Gasteiger partial charge < -0.3 is 20.4 Å². The van der Waals surface area contributed by atoms with Gasteiger partial charge in [0.1, 0.15) is 0 Å². The minimum Gasteiger partial charge on any atom is -0.356 e. The van der Waals surface area contributed by atoms with Crippen molar-refractivity contribution in [3.05, 3.63) is 29.8 Å². The van der Waals surface area contributed by atoms with E-state index < -0.39 is 0 Å². The molecule has 2 saturated heterocycles. The molecule has 2 fully saturated rings. The zero-order chi connectivity index (χ0) is 20.5. The fourth-order valence-electron chi connectivity index (χ4n) is 4.26. The number of piperidine rings is 2. The molecule has 0 saturated carbocycles. The molecule has 30 heavy (non-hydrogen) atoms. The van der Waals surface area contributed by atoms with E-state index in [-0.39, 0.29) is 29.9 Å². The number of nitrogens with zero attached hydrogens (tertiary/aromatic N) is 3. The first-order chi connectivity index (χ1) is 14.2. The molecule has 2 aliphatic rings. The highest BCUT2D eigenvalue weighted by Crippen LogP contribution is 2.21. The molecule has 3 rings (SSSR count). The van der Waals surface area contributed by atoms with Gasteiger partial charge in [-0.1, -0.05) is 18.6 Å². The predicted molar refractivity (Wildman–Crippen MR) is 136 cm³/mol. The Bertz CT molecular complexity index is 679. The van der Waals surface area contributed by atoms with Gasteiger partial charge in [-0.05, 0) is 63.3 Å². The van der Waals surface area contributed by atoms with Gasteiger partial charge in [0, 0.05) is 51.4 Å². The third-order valence-corrected chi connectivity index (χ3v) is 6.11. The van der Waals surface area contributed by atoms with Crippen LogP contribution in [0.3, 0.4) is 0 Å². The number of anilines is 1. The van der Waals surface area contributed by atoms with Crippen molar-refractivity contribution in [1.29, 1.82) is 0 Å². The second kappa shape index (κ2) is 13.1. The highest BCUT2D eigenvalue weighted by Gasteiger charge is 2.19. The number of hydrogen-bond donors (Lipinski definition) is 2. The maximum Gasteiger partial charge on any atom is 0.226 e. The molecule has 0 radical (unpaired) electrons. The van der Waals surface area contributed by atoms with Gasteiger partial charge in [-0.2, -0.15) is 0 Å². The van der Waals surface area contributed by atoms with Crippen molar-refractivity contribution in [1.82, 2.24) is 15.5 Å². The Kier molecular flexibility index (Phi) is 10.9. The van der Waals surface area contributed by atoms with E-state index >= 15 is 0 Å². The SMILES string of the molecule is CN=C(NCCCN1CCCCC1C)NCc1ccc(N2CCCCC2=O)cc1.I. The average Bonchev–Trinajstić information content (AvgIpc) is 2.75. The summed E-state index contributed by atoms with van der Waals surface area (Å²) in [5, 5.41) is 6.81. The Morgan fingerprint density at radius 1 is 1.10 bits per heavy atom. The highest BCUT2D eigenvalue weighted by atomic mass is 127. The zero-order valence-electron chi connectivity index (χ0n) is 18.5. The lowest BCUT2D eigenvalue weighted by Gasteiger charge is -2.33. The van der Waals surface area contributed by atoms with Gasteiger partial charge in [0.15, 0.2) is 5.96 Å². The molecular formula is C23H38IN5O. The molecule has 1 aromatic rings. The van der Waals surface area contributed by atoms with Crippen LogP contribution >= 0.6 is 24.0 Å². The van der Waals surface area contributed by atoms with Crippen molar-refractivity contribution >= 4 is 41.5 Å². The summed E-state index contributed by atoms with van der Waals surface area (Å²) in [4.78, 5) is 20.9. The first-order valence-electron chi connectivity index (χ1n) is 11.3. The standard InChI is InChI=1S/C23H37N5O.HI/c1-19-8-3-5-15-27(19)16-7-14-25-23(24-2)26-18-20-10-12-21(13-11-20)28-17-6-4-9-22(28)29;/h10-13,19H,3-9,14-18H2,1-2H3,(H2,24,25,26);1H. The lowest BCUT2D eigenvalue weighted by molar-refractivity contribution is -0.119. The van der Waals surface area contributed by atoms with Gasteiger partial charge in [-0.3, -0.25) is 9.79 Å². The molecule has 7 heteroatoms. The summed E-state index contributed by atoms with van der Waals surface area (Å²) in [5.41, 5.74) is 2.19. The number of likely N-dealkylation sites (tertiary alicyclic amines) is 1. The number of aliphatic imine (C=N–C) groups is 1. The topological polar surface area (TPSA) is 60.0 Å². The fourth-order valence-corrected chi connectivity index (χ4v) is 4.26. The van der Waals surface area contributed by atoms with E-state index in [1.165, 1.54) is 31.4 Å². The highest BCUT2D eigenvalue weighted by molar-refractivity contribution is 14.0. The Hall–Kier alpha value is -1.35. The van der Waals surface area contributed by atoms with Crippen LogP contribution in [0.25, 0.3) is 0 Å². The van der Waals surface area contributed by atoms with E-state index in [0.29, 0.717) is 6.42 Å². The van der Waals surface area contributed by atoms with E-state index in [9.17, 15) is 4.79 Å². The summed E-state index contributed by atoms with van der Waals surface area (Å²) in [6.07, 6.45) is 7.95. The third-order valence-electron chi connectivity index (χ3n) is 6.11. The Morgan fingerprint density at radius 3 is 2.57 bits per heavy atom. The Morgan fingerprint density at radius 2 is 1.87 bits per heavy atom. The number of guanidine groups is 1. The molecular weight excluding hydrogens is 489 g/mol. The normalized spacial score (nSPS) is 20.6. The van der Waals surface area contributed by atoms with E-state index in [1.807, 2.05) is 11.9 Å². The van der Waals surface area contributed by atoms with Crippen molar-refractivity contribution in [3.63, 3.8) is 0 Å². The minimum atomic E-state index is 0. The molecule has 168 valence electrons. The maximum atomic E-state index is 12.1. The van der Waals surface area contributed by atoms with E-state index in [0.717, 1.165) is 63.1 Å². The smallest absolute Gasteiger partial charge is 0.226 e. The van der Waals surface area contributed by atoms with E-state index in [4.69, 9.17) is 0 Å². The molecule has 0 bridgehead atoms. The van der Waals surface area contributed by atoms with Gasteiger partial charge in [-0.25, -0.2) is 0 Å². The molecule has 0 spiro atoms. The number of amides is 1. The summed E-state index contributed by atoms with van der Waals surface area (Å²) in [7, 11) is 1.81. The number of carbonyl (C=O) groups excluding carboxylic acids is 1. The van der Waals surface area contributed by atoms with Crippen molar-refractivity contribution in [2.24, 2.45) is 4.99 Å². The average molecular weight is 527 g/mol. The van der Waals surface area contributed by atoms with Crippen molar-refractivity contribution in [2.45, 2.75) is 64.5 Å². The van der Waals surface area contributed by atoms with E-state index in [2.05, 4.69) is 51.7 Å². The Balaban J connectivity index is 0.00000320. The number of rotatable bonds is 7. The molecule has 2 aliphatic heterocycles. The molecule has 1 amide bonds. The molecule has 6 nitrogen and oxygen atoms in total. The number of benzene rings is 1. The Labute approximate surface area is 198 Å². The van der Waals surface area contributed by atoms with Crippen molar-refractivity contribution in [2.75, 3.05) is 38.1 Å². The number of halogens is 1. The van der Waals surface area contributed by atoms with Crippen molar-refractivity contribution in [3.8, 4) is 0 Å². The van der Waals surface area contributed by atoms with Crippen LogP contribution in [0.4, 0.5) is 5.69 Å². The first kappa shape index (κ1) is 24.9. The van der Waals surface area contributed by atoms with Crippen LogP contribution in [-0.2, 0) is 11.3 Å². The van der Waals surface area contributed by atoms with Crippen molar-refractivity contribution < 1.29 is 4.79 Å². The summed E-state index contributed by atoms with van der Waals surface area (Å²) < 4.78 is 0. The summed E-state index contributed by atoms with van der Waals surface area (Å²) in [5.74, 6) is 1.08. The van der Waals surface area contributed by atoms with Gasteiger partial charge in [-0.15, -0.1) is 24.0 Å². The molecule has 2 N–H and O–H groups in total. The summed E-state index contributed by atoms with van der Waals surface area (Å²) in [6.45, 7) is 7.23. The minimum absolute atomic E-state index is 0. The van der Waals surface area contributed by atoms with Gasteiger partial charge >= 0.3 is 0 Å². The number of hydrogen-bond acceptors (Lipinski definition) is 3. The second-order valence-corrected chi connectivity index (χ2v) is 8.26. The number of carbonyl (C=O) groups is 1. The lowest BCUT2D eigenvalue weighted by atomic mass is 10.0. The van der Waals surface area contributed by atoms with Gasteiger partial charge in [0.25, 0.3) is 0 Å². The monoisotopic (exact) mass is 527 g/mol. The van der Waals surface area contributed by atoms with Gasteiger partial charge in [0.2, 0.25) is 5.91 Å². The predicted octanol–water partition coefficient (Wildman–Crippen LogP) is 3.75. The fraction of sp³-hybridized carbons (Fsp3) is 0.652. The lowest BCUT2D eigenvalue weighted by Crippen LogP contribution is -2.41. The molecule has 1 aromatic carbocycles. The zero-order valence-corrected chi connectivity index (χ0v) is 20.9. The number of nitrogens with one attached hydrogen (secondary N) is 2. The summed E-state index contributed by atoms with van der Waals surface area (Å²) >= 11 is 0. The second-order valence-electron chi connectivity index (χ2n) is 8.26. The molecule has 2 heterocycles. The van der Waals surface area contributed by atoms with Crippen LogP contribution in [0.2, 0.25) is 0 Å². The molecule has 1 unspecified atom stereocenters. The third kappa shape index (κ3) is 7.41. The van der Waals surface area contributed by atoms with Crippen LogP contribution in [0, 0.1) is 0 Å². The van der Waals surface area contributed by atoms with E-state index in [1.54, 1.807) is 0 Å². The first-order valence-corrected chi connectivity index (χ1v) is 11.3. The quantitative estimate of drug-likeness (QED) is 0.246. The van der Waals surface area contributed by atoms with Crippen LogP contribution in [0.1, 0.15) is 57.4 Å². The van der Waals surface area contributed by atoms with Crippen LogP contribution < -0.4 is 15.5 Å². The van der Waals surface area contributed by atoms with Crippen LogP contribution in [-0.4, -0.2) is 56.0 Å². The molecule has 0 aliphatic carbocycles. The van der Waals surface area contributed by atoms with Crippen LogP contribution in [0.15, 0.2) is 29.3 Å². The maximum absolute atomic E-state index is 12.1. The molecule has 1 atom stereocenters. The molecule has 0 aromatic heterocycles. The van der Waals surface area contributed by atoms with Crippen LogP contribution in [0.5, 0.6) is 0 Å². The largest absolute Gasteiger partial charge is 0.356 e. The summed E-state index contributed by atoms with van der Waals surface area (Å²) in [6, 6.07) is 9.01.